The summed E-state index contributed by atoms with van der Waals surface area (Å²) < 4.78 is 65.2. The summed E-state index contributed by atoms with van der Waals surface area (Å²) >= 11 is 5.54. The molecule has 1 aromatic carbocycles. The smallest absolute Gasteiger partial charge is 0.328 e. The molecule has 2 unspecified atom stereocenters. The van der Waals surface area contributed by atoms with Crippen molar-refractivity contribution < 1.29 is 21.6 Å². The number of nitrogens with zero attached hydrogens (tertiary/aromatic N) is 1. The van der Waals surface area contributed by atoms with Crippen LogP contribution in [0.5, 0.6) is 0 Å². The van der Waals surface area contributed by atoms with Crippen molar-refractivity contribution >= 4 is 21.6 Å². The van der Waals surface area contributed by atoms with Gasteiger partial charge in [0.2, 0.25) is 10.0 Å². The van der Waals surface area contributed by atoms with E-state index in [1.165, 1.54) is 4.31 Å². The first-order chi connectivity index (χ1) is 10.5. The minimum atomic E-state index is -4.71. The quantitative estimate of drug-likeness (QED) is 0.889. The van der Waals surface area contributed by atoms with Crippen molar-refractivity contribution in [2.75, 3.05) is 13.1 Å². The number of hydrogen-bond donors (Lipinski definition) is 1. The Balaban J connectivity index is 2.36. The highest BCUT2D eigenvalue weighted by atomic mass is 35.5. The van der Waals surface area contributed by atoms with E-state index in [1.54, 1.807) is 6.92 Å². The van der Waals surface area contributed by atoms with Gasteiger partial charge in [0.05, 0.1) is 15.5 Å². The maximum Gasteiger partial charge on any atom is 0.417 e. The number of rotatable bonds is 3. The van der Waals surface area contributed by atoms with E-state index in [4.69, 9.17) is 17.3 Å². The van der Waals surface area contributed by atoms with Crippen LogP contribution in [0, 0.1) is 5.92 Å². The average molecular weight is 371 g/mol. The Morgan fingerprint density at radius 3 is 2.61 bits per heavy atom. The predicted octanol–water partition coefficient (Wildman–Crippen LogP) is 3.11. The Bertz CT molecular complexity index is 677. The molecule has 0 aliphatic carbocycles. The summed E-state index contributed by atoms with van der Waals surface area (Å²) in [6.45, 7) is 2.28. The lowest BCUT2D eigenvalue weighted by atomic mass is 9.93. The van der Waals surface area contributed by atoms with E-state index in [0.29, 0.717) is 12.5 Å². The lowest BCUT2D eigenvalue weighted by Gasteiger charge is -2.33. The first-order valence-corrected chi connectivity index (χ1v) is 8.97. The predicted molar refractivity (Wildman–Crippen MR) is 81.6 cm³/mol. The van der Waals surface area contributed by atoms with Crippen molar-refractivity contribution in [3.05, 3.63) is 28.8 Å². The molecule has 0 amide bonds. The van der Waals surface area contributed by atoms with Crippen molar-refractivity contribution in [3.8, 4) is 0 Å². The van der Waals surface area contributed by atoms with Gasteiger partial charge in [0.15, 0.2) is 0 Å². The maximum absolute atomic E-state index is 12.9. The van der Waals surface area contributed by atoms with Gasteiger partial charge in [-0.15, -0.1) is 0 Å². The van der Waals surface area contributed by atoms with Crippen LogP contribution in [-0.2, 0) is 16.2 Å². The fraction of sp³-hybridized carbons (Fsp3) is 0.571. The second-order valence-electron chi connectivity index (χ2n) is 5.76. The van der Waals surface area contributed by atoms with E-state index in [9.17, 15) is 21.6 Å². The summed E-state index contributed by atoms with van der Waals surface area (Å²) in [5, 5.41) is -0.524. The van der Waals surface area contributed by atoms with Gasteiger partial charge in [0.25, 0.3) is 0 Å². The van der Waals surface area contributed by atoms with Gasteiger partial charge in [-0.2, -0.15) is 17.5 Å². The van der Waals surface area contributed by atoms with Crippen molar-refractivity contribution in [3.63, 3.8) is 0 Å². The van der Waals surface area contributed by atoms with Crippen LogP contribution in [0.2, 0.25) is 5.02 Å². The molecular weight excluding hydrogens is 353 g/mol. The molecule has 2 rings (SSSR count). The number of halogens is 4. The van der Waals surface area contributed by atoms with Crippen molar-refractivity contribution in [2.24, 2.45) is 11.7 Å². The summed E-state index contributed by atoms with van der Waals surface area (Å²) in [5.74, 6) is -0.00656. The summed E-state index contributed by atoms with van der Waals surface area (Å²) in [4.78, 5) is -0.403. The third-order valence-electron chi connectivity index (χ3n) is 4.05. The second kappa shape index (κ2) is 6.58. The van der Waals surface area contributed by atoms with E-state index in [-0.39, 0.29) is 25.0 Å². The molecule has 9 heteroatoms. The lowest BCUT2D eigenvalue weighted by Crippen LogP contribution is -2.44. The number of hydrogen-bond acceptors (Lipinski definition) is 3. The molecular formula is C14H18ClF3N2O2S. The topological polar surface area (TPSA) is 63.4 Å². The van der Waals surface area contributed by atoms with Gasteiger partial charge in [-0.05, 0) is 43.9 Å². The van der Waals surface area contributed by atoms with Crippen LogP contribution in [0.25, 0.3) is 0 Å². The number of piperidine rings is 1. The maximum atomic E-state index is 12.9. The SMILES string of the molecule is CC(N)C1CCCN(S(=O)(=O)c2ccc(Cl)c(C(F)(F)F)c2)C1. The molecule has 1 aliphatic rings. The fourth-order valence-electron chi connectivity index (χ4n) is 2.65. The van der Waals surface area contributed by atoms with Gasteiger partial charge in [-0.3, -0.25) is 0 Å². The van der Waals surface area contributed by atoms with E-state index in [2.05, 4.69) is 0 Å². The van der Waals surface area contributed by atoms with Crippen LogP contribution in [-0.4, -0.2) is 31.9 Å². The van der Waals surface area contributed by atoms with E-state index in [0.717, 1.165) is 18.6 Å². The molecule has 1 fully saturated rings. The van der Waals surface area contributed by atoms with Gasteiger partial charge in [0.1, 0.15) is 0 Å². The third kappa shape index (κ3) is 3.99. The van der Waals surface area contributed by atoms with Crippen molar-refractivity contribution in [1.29, 1.82) is 0 Å². The molecule has 1 aliphatic heterocycles. The van der Waals surface area contributed by atoms with Crippen LogP contribution in [0.3, 0.4) is 0 Å². The largest absolute Gasteiger partial charge is 0.417 e. The van der Waals surface area contributed by atoms with Crippen LogP contribution in [0.4, 0.5) is 13.2 Å². The zero-order valence-corrected chi connectivity index (χ0v) is 14.0. The number of alkyl halides is 3. The zero-order valence-electron chi connectivity index (χ0n) is 12.5. The molecule has 0 saturated carbocycles. The third-order valence-corrected chi connectivity index (χ3v) is 6.24. The fourth-order valence-corrected chi connectivity index (χ4v) is 4.44. The summed E-state index contributed by atoms with van der Waals surface area (Å²) in [5.41, 5.74) is 4.67. The zero-order chi connectivity index (χ0) is 17.4. The monoisotopic (exact) mass is 370 g/mol. The number of benzene rings is 1. The van der Waals surface area contributed by atoms with Crippen molar-refractivity contribution in [2.45, 2.75) is 36.9 Å². The Kier molecular flexibility index (Phi) is 5.30. The van der Waals surface area contributed by atoms with Gasteiger partial charge in [0, 0.05) is 19.1 Å². The standard InChI is InChI=1S/C14H18ClF3N2O2S/c1-9(19)10-3-2-6-20(8-10)23(21,22)11-4-5-13(15)12(7-11)14(16,17)18/h4-5,7,9-10H,2-3,6,8,19H2,1H3. The number of nitrogens with two attached hydrogens (primary N) is 1. The molecule has 130 valence electrons. The Hall–Kier alpha value is -0.830. The average Bonchev–Trinajstić information content (AvgIpc) is 2.46. The first kappa shape index (κ1) is 18.5. The van der Waals surface area contributed by atoms with Crippen LogP contribution < -0.4 is 5.73 Å². The van der Waals surface area contributed by atoms with Crippen LogP contribution >= 0.6 is 11.6 Å². The Morgan fingerprint density at radius 1 is 1.39 bits per heavy atom. The molecule has 1 heterocycles. The molecule has 2 N–H and O–H groups in total. The summed E-state index contributed by atoms with van der Waals surface area (Å²) in [7, 11) is -4.01. The highest BCUT2D eigenvalue weighted by Crippen LogP contribution is 2.36. The van der Waals surface area contributed by atoms with E-state index < -0.39 is 31.7 Å². The van der Waals surface area contributed by atoms with Crippen LogP contribution in [0.15, 0.2) is 23.1 Å². The Morgan fingerprint density at radius 2 is 2.04 bits per heavy atom. The molecule has 4 nitrogen and oxygen atoms in total. The highest BCUT2D eigenvalue weighted by molar-refractivity contribution is 7.89. The first-order valence-electron chi connectivity index (χ1n) is 7.16. The molecule has 1 saturated heterocycles. The van der Waals surface area contributed by atoms with Gasteiger partial charge < -0.3 is 5.73 Å². The summed E-state index contributed by atoms with van der Waals surface area (Å²) in [6, 6.07) is 2.48. The lowest BCUT2D eigenvalue weighted by molar-refractivity contribution is -0.137. The minimum absolute atomic E-state index is 0.00656. The highest BCUT2D eigenvalue weighted by Gasteiger charge is 2.36. The van der Waals surface area contributed by atoms with Gasteiger partial charge >= 0.3 is 6.18 Å². The normalized spacial score (nSPS) is 22.1. The molecule has 0 spiro atoms. The molecule has 0 aromatic heterocycles. The number of sulfonamides is 1. The molecule has 2 atom stereocenters. The van der Waals surface area contributed by atoms with Crippen LogP contribution in [0.1, 0.15) is 25.3 Å². The summed E-state index contributed by atoms with van der Waals surface area (Å²) in [6.07, 6.45) is -3.28. The molecule has 1 aromatic rings. The second-order valence-corrected chi connectivity index (χ2v) is 8.11. The van der Waals surface area contributed by atoms with Crippen molar-refractivity contribution in [1.82, 2.24) is 4.31 Å². The Labute approximate surface area is 138 Å². The minimum Gasteiger partial charge on any atom is -0.328 e. The molecule has 23 heavy (non-hydrogen) atoms. The van der Waals surface area contributed by atoms with E-state index >= 15 is 0 Å². The van der Waals surface area contributed by atoms with Gasteiger partial charge in [-0.25, -0.2) is 8.42 Å². The molecule has 0 bridgehead atoms. The molecule has 0 radical (unpaired) electrons. The van der Waals surface area contributed by atoms with Gasteiger partial charge in [-0.1, -0.05) is 11.6 Å². The van der Waals surface area contributed by atoms with E-state index in [1.807, 2.05) is 0 Å².